The van der Waals surface area contributed by atoms with Crippen LogP contribution in [0.5, 0.6) is 0 Å². The van der Waals surface area contributed by atoms with E-state index in [0.717, 1.165) is 12.5 Å². The number of hydrogen-bond acceptors (Lipinski definition) is 2. The molecule has 1 N–H and O–H groups in total. The van der Waals surface area contributed by atoms with Gasteiger partial charge in [0.15, 0.2) is 0 Å². The lowest BCUT2D eigenvalue weighted by Gasteiger charge is -2.34. The molecular weight excluding hydrogens is 186 g/mol. The molecule has 0 aromatic rings. The normalized spacial score (nSPS) is 21.4. The van der Waals surface area contributed by atoms with Crippen LogP contribution in [0.15, 0.2) is 0 Å². The van der Waals surface area contributed by atoms with Gasteiger partial charge in [0, 0.05) is 19.2 Å². The minimum Gasteiger partial charge on any atom is -0.383 e. The van der Waals surface area contributed by atoms with Gasteiger partial charge in [0.1, 0.15) is 0 Å². The van der Waals surface area contributed by atoms with E-state index in [4.69, 9.17) is 4.74 Å². The van der Waals surface area contributed by atoms with Crippen molar-refractivity contribution in [2.24, 2.45) is 11.3 Å². The van der Waals surface area contributed by atoms with E-state index in [1.54, 1.807) is 7.11 Å². The van der Waals surface area contributed by atoms with E-state index in [-0.39, 0.29) is 0 Å². The number of methoxy groups -OCH3 is 1. The molecule has 0 aliphatic heterocycles. The number of rotatable bonds is 6. The van der Waals surface area contributed by atoms with Gasteiger partial charge in [-0.3, -0.25) is 0 Å². The Labute approximate surface area is 94.8 Å². The maximum atomic E-state index is 5.30. The molecule has 1 rings (SSSR count). The quantitative estimate of drug-likeness (QED) is 0.732. The van der Waals surface area contributed by atoms with Crippen LogP contribution in [0.3, 0.4) is 0 Å². The van der Waals surface area contributed by atoms with Gasteiger partial charge in [0.05, 0.1) is 6.61 Å². The van der Waals surface area contributed by atoms with Crippen molar-refractivity contribution >= 4 is 0 Å². The van der Waals surface area contributed by atoms with E-state index < -0.39 is 0 Å². The van der Waals surface area contributed by atoms with Crippen LogP contribution in [-0.2, 0) is 4.74 Å². The van der Waals surface area contributed by atoms with Crippen molar-refractivity contribution in [3.8, 4) is 0 Å². The van der Waals surface area contributed by atoms with E-state index in [2.05, 4.69) is 33.0 Å². The molecule has 2 atom stereocenters. The maximum Gasteiger partial charge on any atom is 0.0618 e. The van der Waals surface area contributed by atoms with E-state index >= 15 is 0 Å². The van der Waals surface area contributed by atoms with Gasteiger partial charge >= 0.3 is 0 Å². The Morgan fingerprint density at radius 1 is 1.33 bits per heavy atom. The van der Waals surface area contributed by atoms with E-state index in [1.165, 1.54) is 19.3 Å². The summed E-state index contributed by atoms with van der Waals surface area (Å²) in [5.41, 5.74) is 0.343. The molecule has 1 aliphatic rings. The van der Waals surface area contributed by atoms with Gasteiger partial charge in [-0.25, -0.2) is 0 Å². The second-order valence-corrected chi connectivity index (χ2v) is 5.89. The summed E-state index contributed by atoms with van der Waals surface area (Å²) in [6.07, 6.45) is 3.94. The number of nitrogens with one attached hydrogen (secondary N) is 1. The van der Waals surface area contributed by atoms with Gasteiger partial charge in [-0.1, -0.05) is 27.7 Å². The van der Waals surface area contributed by atoms with Crippen LogP contribution in [0.25, 0.3) is 0 Å². The van der Waals surface area contributed by atoms with Gasteiger partial charge in [-0.05, 0) is 30.6 Å². The molecule has 15 heavy (non-hydrogen) atoms. The molecule has 1 aliphatic carbocycles. The van der Waals surface area contributed by atoms with Crippen LogP contribution in [0.4, 0.5) is 0 Å². The molecule has 0 saturated heterocycles. The lowest BCUT2D eigenvalue weighted by atomic mass is 9.84. The Hall–Kier alpha value is -0.0800. The number of hydrogen-bond donors (Lipinski definition) is 1. The predicted octanol–water partition coefficient (Wildman–Crippen LogP) is 2.83. The molecule has 0 radical (unpaired) electrons. The third-order valence-electron chi connectivity index (χ3n) is 3.41. The van der Waals surface area contributed by atoms with E-state index in [9.17, 15) is 0 Å². The van der Waals surface area contributed by atoms with Crippen molar-refractivity contribution in [3.05, 3.63) is 0 Å². The summed E-state index contributed by atoms with van der Waals surface area (Å²) >= 11 is 0. The fourth-order valence-corrected chi connectivity index (χ4v) is 2.24. The van der Waals surface area contributed by atoms with Gasteiger partial charge in [-0.2, -0.15) is 0 Å². The summed E-state index contributed by atoms with van der Waals surface area (Å²) < 4.78 is 5.30. The molecule has 2 nitrogen and oxygen atoms in total. The zero-order valence-corrected chi connectivity index (χ0v) is 11.0. The van der Waals surface area contributed by atoms with E-state index in [1.807, 2.05) is 0 Å². The number of ether oxygens (including phenoxy) is 1. The summed E-state index contributed by atoms with van der Waals surface area (Å²) in [6, 6.07) is 1.16. The molecular formula is C13H27NO. The SMILES string of the molecule is CCC(NC(COC)C1CC1)C(C)(C)C. The summed E-state index contributed by atoms with van der Waals surface area (Å²) in [7, 11) is 1.80. The fraction of sp³-hybridized carbons (Fsp3) is 1.00. The van der Waals surface area contributed by atoms with Gasteiger partial charge in [0.2, 0.25) is 0 Å². The second kappa shape index (κ2) is 5.31. The van der Waals surface area contributed by atoms with Gasteiger partial charge in [-0.15, -0.1) is 0 Å². The first-order valence-electron chi connectivity index (χ1n) is 6.24. The van der Waals surface area contributed by atoms with Crippen LogP contribution in [0, 0.1) is 11.3 Å². The summed E-state index contributed by atoms with van der Waals surface area (Å²) in [5.74, 6) is 0.862. The van der Waals surface area contributed by atoms with Crippen LogP contribution >= 0.6 is 0 Å². The molecule has 0 heterocycles. The standard InChI is InChI=1S/C13H27NO/c1-6-12(13(2,3)4)14-11(9-15-5)10-7-8-10/h10-12,14H,6-9H2,1-5H3. The smallest absolute Gasteiger partial charge is 0.0618 e. The van der Waals surface area contributed by atoms with Crippen molar-refractivity contribution in [2.45, 2.75) is 59.0 Å². The topological polar surface area (TPSA) is 21.3 Å². The van der Waals surface area contributed by atoms with Crippen LogP contribution in [-0.4, -0.2) is 25.8 Å². The molecule has 0 bridgehead atoms. The molecule has 0 aromatic heterocycles. The average Bonchev–Trinajstić information content (AvgIpc) is 2.93. The Kier molecular flexibility index (Phi) is 4.60. The van der Waals surface area contributed by atoms with Crippen molar-refractivity contribution < 1.29 is 4.74 Å². The summed E-state index contributed by atoms with van der Waals surface area (Å²) in [4.78, 5) is 0. The first kappa shape index (κ1) is 13.0. The third kappa shape index (κ3) is 4.12. The average molecular weight is 213 g/mol. The monoisotopic (exact) mass is 213 g/mol. The van der Waals surface area contributed by atoms with Crippen LogP contribution in [0.1, 0.15) is 47.0 Å². The Bertz CT molecular complexity index is 181. The summed E-state index contributed by atoms with van der Waals surface area (Å²) in [5, 5.41) is 3.78. The lowest BCUT2D eigenvalue weighted by Crippen LogP contribution is -2.48. The van der Waals surface area contributed by atoms with Crippen molar-refractivity contribution in [2.75, 3.05) is 13.7 Å². The highest BCUT2D eigenvalue weighted by molar-refractivity contribution is 4.91. The van der Waals surface area contributed by atoms with Gasteiger partial charge < -0.3 is 10.1 Å². The molecule has 0 aromatic carbocycles. The first-order valence-corrected chi connectivity index (χ1v) is 6.24. The van der Waals surface area contributed by atoms with Crippen molar-refractivity contribution in [1.82, 2.24) is 5.32 Å². The molecule has 90 valence electrons. The molecule has 2 heteroatoms. The molecule has 0 amide bonds. The third-order valence-corrected chi connectivity index (χ3v) is 3.41. The van der Waals surface area contributed by atoms with Crippen molar-refractivity contribution in [1.29, 1.82) is 0 Å². The summed E-state index contributed by atoms with van der Waals surface area (Å²) in [6.45, 7) is 10.1. The molecule has 0 spiro atoms. The van der Waals surface area contributed by atoms with Crippen LogP contribution in [0.2, 0.25) is 0 Å². The van der Waals surface area contributed by atoms with E-state index in [0.29, 0.717) is 17.5 Å². The highest BCUT2D eigenvalue weighted by Crippen LogP contribution is 2.34. The highest BCUT2D eigenvalue weighted by Gasteiger charge is 2.34. The van der Waals surface area contributed by atoms with Crippen molar-refractivity contribution in [3.63, 3.8) is 0 Å². The van der Waals surface area contributed by atoms with Crippen LogP contribution < -0.4 is 5.32 Å². The maximum absolute atomic E-state index is 5.30. The minimum atomic E-state index is 0.343. The Morgan fingerprint density at radius 2 is 1.93 bits per heavy atom. The molecule has 1 fully saturated rings. The van der Waals surface area contributed by atoms with Gasteiger partial charge in [0.25, 0.3) is 0 Å². The predicted molar refractivity (Wildman–Crippen MR) is 65.1 cm³/mol. The lowest BCUT2D eigenvalue weighted by molar-refractivity contribution is 0.132. The minimum absolute atomic E-state index is 0.343. The zero-order valence-electron chi connectivity index (χ0n) is 11.0. The molecule has 1 saturated carbocycles. The largest absolute Gasteiger partial charge is 0.383 e. The fourth-order valence-electron chi connectivity index (χ4n) is 2.24. The Morgan fingerprint density at radius 3 is 2.27 bits per heavy atom. The Balaban J connectivity index is 2.47. The zero-order chi connectivity index (χ0) is 11.5. The highest BCUT2D eigenvalue weighted by atomic mass is 16.5. The first-order chi connectivity index (χ1) is 6.99. The molecule has 2 unspecified atom stereocenters. The second-order valence-electron chi connectivity index (χ2n) is 5.89.